The molecule has 0 radical (unpaired) electrons. The number of carbonyl (C=O) groups is 1. The Hall–Kier alpha value is -2.77. The normalized spacial score (nSPS) is 13.3. The zero-order valence-electron chi connectivity index (χ0n) is 14.6. The van der Waals surface area contributed by atoms with Crippen molar-refractivity contribution in [2.75, 3.05) is 6.79 Å². The van der Waals surface area contributed by atoms with Crippen molar-refractivity contribution in [1.29, 1.82) is 0 Å². The average Bonchev–Trinajstić information content (AvgIpc) is 3.35. The van der Waals surface area contributed by atoms with Crippen LogP contribution in [0.1, 0.15) is 21.9 Å². The van der Waals surface area contributed by atoms with Gasteiger partial charge in [0.1, 0.15) is 5.76 Å². The monoisotopic (exact) mass is 417 g/mol. The Morgan fingerprint density at radius 3 is 2.64 bits per heavy atom. The van der Waals surface area contributed by atoms with Gasteiger partial charge in [0.15, 0.2) is 17.3 Å². The molecule has 2 aromatic carbocycles. The van der Waals surface area contributed by atoms with E-state index >= 15 is 0 Å². The van der Waals surface area contributed by atoms with E-state index in [1.54, 1.807) is 42.5 Å². The lowest BCUT2D eigenvalue weighted by molar-refractivity contribution is 0.0921. The first kappa shape index (κ1) is 18.6. The highest BCUT2D eigenvalue weighted by Gasteiger charge is 2.16. The Morgan fingerprint density at radius 1 is 1.04 bits per heavy atom. The summed E-state index contributed by atoms with van der Waals surface area (Å²) in [4.78, 5) is 13.0. The van der Waals surface area contributed by atoms with Crippen LogP contribution in [0.25, 0.3) is 0 Å². The molecule has 8 heteroatoms. The van der Waals surface area contributed by atoms with Crippen LogP contribution in [0, 0.1) is 0 Å². The van der Waals surface area contributed by atoms with E-state index in [9.17, 15) is 9.00 Å². The van der Waals surface area contributed by atoms with Gasteiger partial charge in [0.2, 0.25) is 6.79 Å². The van der Waals surface area contributed by atoms with E-state index in [4.69, 9.17) is 25.5 Å². The third-order valence-corrected chi connectivity index (χ3v) is 5.72. The zero-order chi connectivity index (χ0) is 19.5. The van der Waals surface area contributed by atoms with E-state index in [2.05, 4.69) is 5.32 Å². The molecule has 28 heavy (non-hydrogen) atoms. The number of carbonyl (C=O) groups excluding carboxylic acids is 1. The van der Waals surface area contributed by atoms with E-state index in [-0.39, 0.29) is 24.2 Å². The second-order valence-electron chi connectivity index (χ2n) is 6.08. The summed E-state index contributed by atoms with van der Waals surface area (Å²) < 4.78 is 28.5. The van der Waals surface area contributed by atoms with Gasteiger partial charge in [-0.25, -0.2) is 0 Å². The fourth-order valence-electron chi connectivity index (χ4n) is 2.70. The summed E-state index contributed by atoms with van der Waals surface area (Å²) in [7, 11) is -1.29. The molecule has 3 aromatic rings. The highest BCUT2D eigenvalue weighted by atomic mass is 35.5. The lowest BCUT2D eigenvalue weighted by Gasteiger charge is -2.05. The molecule has 4 rings (SSSR count). The van der Waals surface area contributed by atoms with Crippen LogP contribution in [0.15, 0.2) is 63.9 Å². The van der Waals surface area contributed by atoms with E-state index < -0.39 is 10.8 Å². The van der Waals surface area contributed by atoms with Crippen LogP contribution < -0.4 is 14.8 Å². The molecule has 144 valence electrons. The topological polar surface area (TPSA) is 77.8 Å². The third kappa shape index (κ3) is 4.21. The summed E-state index contributed by atoms with van der Waals surface area (Å²) >= 11 is 5.84. The Kier molecular flexibility index (Phi) is 5.36. The highest BCUT2D eigenvalue weighted by molar-refractivity contribution is 7.84. The molecule has 6 nitrogen and oxygen atoms in total. The minimum Gasteiger partial charge on any atom is -0.455 e. The van der Waals surface area contributed by atoms with Gasteiger partial charge in [-0.1, -0.05) is 17.7 Å². The molecule has 0 saturated carbocycles. The van der Waals surface area contributed by atoms with E-state index in [1.807, 2.05) is 12.1 Å². The quantitative estimate of drug-likeness (QED) is 0.658. The number of hydrogen-bond acceptors (Lipinski definition) is 5. The molecule has 1 aliphatic rings. The van der Waals surface area contributed by atoms with Crippen LogP contribution in [0.5, 0.6) is 11.5 Å². The molecule has 1 amide bonds. The highest BCUT2D eigenvalue weighted by Crippen LogP contribution is 2.32. The predicted molar refractivity (Wildman–Crippen MR) is 104 cm³/mol. The predicted octanol–water partition coefficient (Wildman–Crippen LogP) is 3.90. The first-order chi connectivity index (χ1) is 13.6. The SMILES string of the molecule is O=C(NCc1ccc2c(c1)OCO2)c1ccc(CS(=O)c2ccc(Cl)cc2)o1. The fourth-order valence-corrected chi connectivity index (χ4v) is 3.84. The maximum Gasteiger partial charge on any atom is 0.287 e. The molecule has 2 heterocycles. The Balaban J connectivity index is 1.35. The second-order valence-corrected chi connectivity index (χ2v) is 7.97. The van der Waals surface area contributed by atoms with Crippen molar-refractivity contribution in [3.8, 4) is 11.5 Å². The van der Waals surface area contributed by atoms with Crippen LogP contribution in [0.2, 0.25) is 5.02 Å². The van der Waals surface area contributed by atoms with Crippen molar-refractivity contribution in [2.45, 2.75) is 17.2 Å². The van der Waals surface area contributed by atoms with Crippen molar-refractivity contribution in [3.05, 3.63) is 76.7 Å². The second kappa shape index (κ2) is 8.08. The summed E-state index contributed by atoms with van der Waals surface area (Å²) in [6.07, 6.45) is 0. The average molecular weight is 418 g/mol. The molecule has 0 fully saturated rings. The molecule has 1 atom stereocenters. The molecule has 1 unspecified atom stereocenters. The number of halogens is 1. The molecule has 1 N–H and O–H groups in total. The van der Waals surface area contributed by atoms with Gasteiger partial charge in [-0.05, 0) is 54.1 Å². The van der Waals surface area contributed by atoms with Gasteiger partial charge in [0, 0.05) is 16.5 Å². The van der Waals surface area contributed by atoms with Gasteiger partial charge in [-0.3, -0.25) is 9.00 Å². The Labute approximate surface area is 168 Å². The summed E-state index contributed by atoms with van der Waals surface area (Å²) in [5.41, 5.74) is 0.883. The summed E-state index contributed by atoms with van der Waals surface area (Å²) in [5, 5.41) is 3.37. The van der Waals surface area contributed by atoms with Gasteiger partial charge < -0.3 is 19.2 Å². The summed E-state index contributed by atoms with van der Waals surface area (Å²) in [5.74, 6) is 1.83. The van der Waals surface area contributed by atoms with E-state index in [0.29, 0.717) is 33.7 Å². The number of amides is 1. The van der Waals surface area contributed by atoms with Crippen LogP contribution in [0.3, 0.4) is 0 Å². The molecular formula is C20H16ClNO5S. The van der Waals surface area contributed by atoms with Crippen molar-refractivity contribution in [2.24, 2.45) is 0 Å². The molecule has 1 aromatic heterocycles. The number of furan rings is 1. The first-order valence-electron chi connectivity index (χ1n) is 8.48. The molecule has 1 aliphatic heterocycles. The molecule has 0 bridgehead atoms. The Morgan fingerprint density at radius 2 is 1.82 bits per heavy atom. The lowest BCUT2D eigenvalue weighted by atomic mass is 10.2. The standard InChI is InChI=1S/C20H16ClNO5S/c21-14-2-5-16(6-3-14)28(24)11-15-4-8-18(27-15)20(23)22-10-13-1-7-17-19(9-13)26-12-25-17/h1-9H,10-12H2,(H,22,23). The van der Waals surface area contributed by atoms with E-state index in [1.165, 1.54) is 0 Å². The van der Waals surface area contributed by atoms with Crippen molar-refractivity contribution in [1.82, 2.24) is 5.32 Å². The minimum atomic E-state index is -1.29. The Bertz CT molecular complexity index is 1030. The number of nitrogens with one attached hydrogen (secondary N) is 1. The number of fused-ring (bicyclic) bond motifs is 1. The van der Waals surface area contributed by atoms with Crippen molar-refractivity contribution < 1.29 is 22.9 Å². The van der Waals surface area contributed by atoms with Gasteiger partial charge in [0.05, 0.1) is 16.6 Å². The molecule has 0 spiro atoms. The summed E-state index contributed by atoms with van der Waals surface area (Å²) in [6, 6.07) is 15.5. The van der Waals surface area contributed by atoms with Crippen LogP contribution in [0.4, 0.5) is 0 Å². The first-order valence-corrected chi connectivity index (χ1v) is 10.2. The van der Waals surface area contributed by atoms with Crippen LogP contribution in [-0.2, 0) is 23.1 Å². The molecule has 0 aliphatic carbocycles. The number of ether oxygens (including phenoxy) is 2. The molecular weight excluding hydrogens is 402 g/mol. The smallest absolute Gasteiger partial charge is 0.287 e. The van der Waals surface area contributed by atoms with Crippen LogP contribution in [-0.4, -0.2) is 16.9 Å². The number of hydrogen-bond donors (Lipinski definition) is 1. The van der Waals surface area contributed by atoms with Gasteiger partial charge in [-0.15, -0.1) is 0 Å². The maximum atomic E-state index is 12.4. The molecule has 0 saturated heterocycles. The van der Waals surface area contributed by atoms with Crippen LogP contribution >= 0.6 is 11.6 Å². The lowest BCUT2D eigenvalue weighted by Crippen LogP contribution is -2.22. The van der Waals surface area contributed by atoms with Gasteiger partial charge >= 0.3 is 0 Å². The maximum absolute atomic E-state index is 12.4. The largest absolute Gasteiger partial charge is 0.455 e. The van der Waals surface area contributed by atoms with E-state index in [0.717, 1.165) is 5.56 Å². The number of benzene rings is 2. The zero-order valence-corrected chi connectivity index (χ0v) is 16.2. The minimum absolute atomic E-state index is 0.170. The number of rotatable bonds is 6. The van der Waals surface area contributed by atoms with Gasteiger partial charge in [-0.2, -0.15) is 0 Å². The van der Waals surface area contributed by atoms with Gasteiger partial charge in [0.25, 0.3) is 5.91 Å². The fraction of sp³-hybridized carbons (Fsp3) is 0.150. The van der Waals surface area contributed by atoms with Crippen molar-refractivity contribution in [3.63, 3.8) is 0 Å². The third-order valence-electron chi connectivity index (χ3n) is 4.13. The summed E-state index contributed by atoms with van der Waals surface area (Å²) in [6.45, 7) is 0.528. The van der Waals surface area contributed by atoms with Crippen molar-refractivity contribution >= 4 is 28.3 Å².